The Kier molecular flexibility index (Phi) is 4.20. The Hall–Kier alpha value is -2.60. The van der Waals surface area contributed by atoms with Gasteiger partial charge in [-0.15, -0.1) is 11.3 Å². The molecule has 1 N–H and O–H groups in total. The lowest BCUT2D eigenvalue weighted by atomic mass is 10.2. The molecular formula is C16H12FN3OS. The molecule has 0 atom stereocenters. The molecule has 0 spiro atoms. The summed E-state index contributed by atoms with van der Waals surface area (Å²) in [5.74, 6) is -0.977. The molecule has 0 unspecified atom stereocenters. The number of carbonyl (C=O) groups excluding carboxylic acids is 1. The number of hydrogen-bond acceptors (Lipinski definition) is 4. The smallest absolute Gasteiger partial charge is 0.254 e. The molecule has 2 aromatic heterocycles. The number of halogens is 1. The third kappa shape index (κ3) is 3.17. The van der Waals surface area contributed by atoms with Crippen LogP contribution >= 0.6 is 11.3 Å². The Labute approximate surface area is 130 Å². The summed E-state index contributed by atoms with van der Waals surface area (Å²) in [5, 5.41) is 5.35. The van der Waals surface area contributed by atoms with Crippen molar-refractivity contribution < 1.29 is 9.18 Å². The van der Waals surface area contributed by atoms with E-state index in [4.69, 9.17) is 0 Å². The fourth-order valence-corrected chi connectivity index (χ4v) is 2.69. The van der Waals surface area contributed by atoms with E-state index in [2.05, 4.69) is 15.3 Å². The number of aromatic nitrogens is 2. The number of hydrogen-bond donors (Lipinski definition) is 1. The molecule has 0 aliphatic rings. The van der Waals surface area contributed by atoms with Gasteiger partial charge in [-0.2, -0.15) is 0 Å². The molecule has 0 radical (unpaired) electrons. The molecule has 4 nitrogen and oxygen atoms in total. The Morgan fingerprint density at radius 3 is 2.73 bits per heavy atom. The number of benzene rings is 1. The van der Waals surface area contributed by atoms with Crippen molar-refractivity contribution in [1.82, 2.24) is 15.3 Å². The van der Waals surface area contributed by atoms with E-state index in [9.17, 15) is 9.18 Å². The lowest BCUT2D eigenvalue weighted by Crippen LogP contribution is -2.23. The van der Waals surface area contributed by atoms with E-state index in [1.807, 2.05) is 17.5 Å². The lowest BCUT2D eigenvalue weighted by Gasteiger charge is -2.03. The van der Waals surface area contributed by atoms with Crippen LogP contribution in [0.25, 0.3) is 11.3 Å². The van der Waals surface area contributed by atoms with Crippen LogP contribution in [0.2, 0.25) is 0 Å². The van der Waals surface area contributed by atoms with Gasteiger partial charge in [-0.25, -0.2) is 9.37 Å². The maximum Gasteiger partial charge on any atom is 0.254 e. The first kappa shape index (κ1) is 14.3. The van der Waals surface area contributed by atoms with Gasteiger partial charge in [0.05, 0.1) is 17.8 Å². The van der Waals surface area contributed by atoms with Crippen molar-refractivity contribution in [3.63, 3.8) is 0 Å². The first-order chi connectivity index (χ1) is 10.7. The number of pyridine rings is 1. The SMILES string of the molecule is O=C(NCc1nc(-c2ccncc2)cs1)c1ccccc1F. The van der Waals surface area contributed by atoms with Gasteiger partial charge in [0.25, 0.3) is 5.91 Å². The third-order valence-corrected chi connectivity index (χ3v) is 3.90. The number of carbonyl (C=O) groups is 1. The summed E-state index contributed by atoms with van der Waals surface area (Å²) in [7, 11) is 0. The minimum absolute atomic E-state index is 0.0356. The average molecular weight is 313 g/mol. The fourth-order valence-electron chi connectivity index (χ4n) is 1.94. The Morgan fingerprint density at radius 1 is 1.18 bits per heavy atom. The summed E-state index contributed by atoms with van der Waals surface area (Å²) in [6.07, 6.45) is 3.41. The second-order valence-electron chi connectivity index (χ2n) is 4.52. The van der Waals surface area contributed by atoms with Gasteiger partial charge >= 0.3 is 0 Å². The third-order valence-electron chi connectivity index (χ3n) is 3.05. The van der Waals surface area contributed by atoms with E-state index in [1.165, 1.54) is 23.5 Å². The van der Waals surface area contributed by atoms with Gasteiger partial charge in [0, 0.05) is 23.3 Å². The molecule has 1 amide bonds. The van der Waals surface area contributed by atoms with Crippen molar-refractivity contribution in [2.45, 2.75) is 6.54 Å². The monoisotopic (exact) mass is 313 g/mol. The molecule has 110 valence electrons. The zero-order chi connectivity index (χ0) is 15.4. The van der Waals surface area contributed by atoms with E-state index < -0.39 is 11.7 Å². The van der Waals surface area contributed by atoms with Crippen molar-refractivity contribution in [3.05, 3.63) is 70.6 Å². The van der Waals surface area contributed by atoms with Gasteiger partial charge in [-0.1, -0.05) is 12.1 Å². The van der Waals surface area contributed by atoms with Gasteiger partial charge in [0.2, 0.25) is 0 Å². The van der Waals surface area contributed by atoms with Gasteiger partial charge in [-0.3, -0.25) is 9.78 Å². The van der Waals surface area contributed by atoms with Crippen molar-refractivity contribution in [3.8, 4) is 11.3 Å². The number of amides is 1. The molecule has 3 aromatic rings. The summed E-state index contributed by atoms with van der Waals surface area (Å²) in [6, 6.07) is 9.64. The lowest BCUT2D eigenvalue weighted by molar-refractivity contribution is 0.0947. The zero-order valence-corrected chi connectivity index (χ0v) is 12.3. The molecule has 2 heterocycles. The molecule has 0 bridgehead atoms. The highest BCUT2D eigenvalue weighted by Gasteiger charge is 2.11. The second kappa shape index (κ2) is 6.44. The van der Waals surface area contributed by atoms with Gasteiger partial charge < -0.3 is 5.32 Å². The van der Waals surface area contributed by atoms with E-state index in [-0.39, 0.29) is 12.1 Å². The van der Waals surface area contributed by atoms with Crippen molar-refractivity contribution in [1.29, 1.82) is 0 Å². The maximum atomic E-state index is 13.5. The van der Waals surface area contributed by atoms with Gasteiger partial charge in [-0.05, 0) is 24.3 Å². The predicted octanol–water partition coefficient (Wildman–Crippen LogP) is 3.27. The average Bonchev–Trinajstić information content (AvgIpc) is 3.03. The summed E-state index contributed by atoms with van der Waals surface area (Å²) in [6.45, 7) is 0.267. The second-order valence-corrected chi connectivity index (χ2v) is 5.47. The van der Waals surface area contributed by atoms with E-state index in [0.29, 0.717) is 0 Å². The molecule has 0 aliphatic heterocycles. The number of nitrogens with one attached hydrogen (secondary N) is 1. The zero-order valence-electron chi connectivity index (χ0n) is 11.5. The van der Waals surface area contributed by atoms with E-state index in [0.717, 1.165) is 16.3 Å². The fraction of sp³-hybridized carbons (Fsp3) is 0.0625. The maximum absolute atomic E-state index is 13.5. The first-order valence-corrected chi connectivity index (χ1v) is 7.49. The van der Waals surface area contributed by atoms with Gasteiger partial charge in [0.15, 0.2) is 0 Å². The molecule has 3 rings (SSSR count). The molecule has 0 saturated carbocycles. The van der Waals surface area contributed by atoms with Crippen LogP contribution in [0.15, 0.2) is 54.2 Å². The predicted molar refractivity (Wildman–Crippen MR) is 82.9 cm³/mol. The Bertz CT molecular complexity index is 789. The Balaban J connectivity index is 1.67. The minimum Gasteiger partial charge on any atom is -0.345 e. The Morgan fingerprint density at radius 2 is 1.95 bits per heavy atom. The summed E-state index contributed by atoms with van der Waals surface area (Å²) >= 11 is 1.45. The molecule has 1 aromatic carbocycles. The minimum atomic E-state index is -0.531. The molecule has 0 saturated heterocycles. The normalized spacial score (nSPS) is 10.4. The van der Waals surface area contributed by atoms with Crippen molar-refractivity contribution in [2.75, 3.05) is 0 Å². The highest BCUT2D eigenvalue weighted by molar-refractivity contribution is 7.09. The molecule has 0 aliphatic carbocycles. The first-order valence-electron chi connectivity index (χ1n) is 6.61. The largest absolute Gasteiger partial charge is 0.345 e. The van der Waals surface area contributed by atoms with E-state index in [1.54, 1.807) is 24.5 Å². The highest BCUT2D eigenvalue weighted by Crippen LogP contribution is 2.21. The molecule has 22 heavy (non-hydrogen) atoms. The molecule has 0 fully saturated rings. The number of thiazole rings is 1. The summed E-state index contributed by atoms with van der Waals surface area (Å²) in [4.78, 5) is 20.3. The molecule has 6 heteroatoms. The quantitative estimate of drug-likeness (QED) is 0.804. The topological polar surface area (TPSA) is 54.9 Å². The van der Waals surface area contributed by atoms with Crippen LogP contribution in [0, 0.1) is 5.82 Å². The standard InChI is InChI=1S/C16H12FN3OS/c17-13-4-2-1-3-12(13)16(21)19-9-15-20-14(10-22-15)11-5-7-18-8-6-11/h1-8,10H,9H2,(H,19,21). The number of nitrogens with zero attached hydrogens (tertiary/aromatic N) is 2. The van der Waals surface area contributed by atoms with Gasteiger partial charge in [0.1, 0.15) is 10.8 Å². The summed E-state index contributed by atoms with van der Waals surface area (Å²) < 4.78 is 13.5. The van der Waals surface area contributed by atoms with Crippen LogP contribution in [0.3, 0.4) is 0 Å². The van der Waals surface area contributed by atoms with Crippen LogP contribution in [-0.4, -0.2) is 15.9 Å². The number of rotatable bonds is 4. The van der Waals surface area contributed by atoms with Crippen LogP contribution in [-0.2, 0) is 6.54 Å². The summed E-state index contributed by atoms with van der Waals surface area (Å²) in [5.41, 5.74) is 1.84. The van der Waals surface area contributed by atoms with Crippen LogP contribution in [0.1, 0.15) is 15.4 Å². The van der Waals surface area contributed by atoms with Crippen LogP contribution < -0.4 is 5.32 Å². The van der Waals surface area contributed by atoms with Crippen LogP contribution in [0.4, 0.5) is 4.39 Å². The molecular weight excluding hydrogens is 301 g/mol. The van der Waals surface area contributed by atoms with Crippen molar-refractivity contribution >= 4 is 17.2 Å². The van der Waals surface area contributed by atoms with E-state index >= 15 is 0 Å². The van der Waals surface area contributed by atoms with Crippen molar-refractivity contribution in [2.24, 2.45) is 0 Å². The highest BCUT2D eigenvalue weighted by atomic mass is 32.1. The van der Waals surface area contributed by atoms with Crippen LogP contribution in [0.5, 0.6) is 0 Å².